The number of halogens is 1. The molecule has 4 nitrogen and oxygen atoms in total. The molecule has 0 bridgehead atoms. The van der Waals surface area contributed by atoms with Crippen molar-refractivity contribution in [3.8, 4) is 5.75 Å². The second kappa shape index (κ2) is 6.92. The summed E-state index contributed by atoms with van der Waals surface area (Å²) in [6, 6.07) is 0. The average Bonchev–Trinajstić information content (AvgIpc) is 2.35. The first kappa shape index (κ1) is 15.2. The van der Waals surface area contributed by atoms with E-state index < -0.39 is 0 Å². The molecule has 1 saturated heterocycles. The van der Waals surface area contributed by atoms with E-state index in [1.807, 2.05) is 13.1 Å². The van der Waals surface area contributed by atoms with Crippen LogP contribution in [0.25, 0.3) is 0 Å². The molecular formula is C13H22ClN3O. The third kappa shape index (κ3) is 3.34. The maximum absolute atomic E-state index is 5.43. The molecule has 2 rings (SSSR count). The van der Waals surface area contributed by atoms with Crippen molar-refractivity contribution in [1.29, 1.82) is 0 Å². The lowest BCUT2D eigenvalue weighted by Crippen LogP contribution is -2.43. The van der Waals surface area contributed by atoms with Gasteiger partial charge in [0.15, 0.2) is 0 Å². The molecule has 0 atom stereocenters. The summed E-state index contributed by atoms with van der Waals surface area (Å²) in [4.78, 5) is 6.97. The van der Waals surface area contributed by atoms with E-state index in [1.54, 1.807) is 7.11 Å². The van der Waals surface area contributed by atoms with Crippen LogP contribution >= 0.6 is 12.4 Å². The fourth-order valence-electron chi connectivity index (χ4n) is 2.31. The Bertz CT molecular complexity index is 392. The number of rotatable bonds is 3. The van der Waals surface area contributed by atoms with Crippen LogP contribution in [-0.4, -0.2) is 43.2 Å². The summed E-state index contributed by atoms with van der Waals surface area (Å²) in [7, 11) is 1.73. The fourth-order valence-corrected chi connectivity index (χ4v) is 2.31. The Hall–Kier alpha value is -0.840. The zero-order valence-electron chi connectivity index (χ0n) is 11.3. The Morgan fingerprint density at radius 1 is 1.33 bits per heavy atom. The first-order valence-electron chi connectivity index (χ1n) is 6.14. The molecule has 5 heteroatoms. The van der Waals surface area contributed by atoms with Gasteiger partial charge in [-0.1, -0.05) is 0 Å². The van der Waals surface area contributed by atoms with Gasteiger partial charge in [0.2, 0.25) is 0 Å². The van der Waals surface area contributed by atoms with Gasteiger partial charge in [-0.05, 0) is 13.8 Å². The minimum Gasteiger partial charge on any atom is -0.496 e. The Labute approximate surface area is 115 Å². The third-order valence-electron chi connectivity index (χ3n) is 3.33. The lowest BCUT2D eigenvalue weighted by atomic mass is 10.1. The first-order chi connectivity index (χ1) is 8.22. The molecule has 1 aliphatic heterocycles. The van der Waals surface area contributed by atoms with Gasteiger partial charge in [0, 0.05) is 50.0 Å². The van der Waals surface area contributed by atoms with E-state index in [4.69, 9.17) is 4.74 Å². The zero-order valence-corrected chi connectivity index (χ0v) is 12.1. The van der Waals surface area contributed by atoms with Crippen LogP contribution in [0.5, 0.6) is 5.75 Å². The SMILES string of the molecule is COc1c(C)cnc(CN2CCNCC2)c1C.Cl. The van der Waals surface area contributed by atoms with E-state index in [9.17, 15) is 0 Å². The Morgan fingerprint density at radius 2 is 2.00 bits per heavy atom. The summed E-state index contributed by atoms with van der Waals surface area (Å²) in [5.41, 5.74) is 3.41. The predicted molar refractivity (Wildman–Crippen MR) is 75.7 cm³/mol. The fraction of sp³-hybridized carbons (Fsp3) is 0.615. The minimum absolute atomic E-state index is 0. The highest BCUT2D eigenvalue weighted by atomic mass is 35.5. The summed E-state index contributed by atoms with van der Waals surface area (Å²) < 4.78 is 5.43. The molecular weight excluding hydrogens is 250 g/mol. The third-order valence-corrected chi connectivity index (χ3v) is 3.33. The Morgan fingerprint density at radius 3 is 2.61 bits per heavy atom. The van der Waals surface area contributed by atoms with E-state index in [1.165, 1.54) is 5.56 Å². The second-order valence-electron chi connectivity index (χ2n) is 4.57. The molecule has 0 aliphatic carbocycles. The van der Waals surface area contributed by atoms with Gasteiger partial charge in [-0.2, -0.15) is 0 Å². The number of hydrogen-bond donors (Lipinski definition) is 1. The van der Waals surface area contributed by atoms with Crippen molar-refractivity contribution in [2.45, 2.75) is 20.4 Å². The van der Waals surface area contributed by atoms with E-state index in [2.05, 4.69) is 22.1 Å². The van der Waals surface area contributed by atoms with Crippen molar-refractivity contribution in [1.82, 2.24) is 15.2 Å². The van der Waals surface area contributed by atoms with Crippen molar-refractivity contribution in [2.75, 3.05) is 33.3 Å². The number of hydrogen-bond acceptors (Lipinski definition) is 4. The minimum atomic E-state index is 0. The molecule has 0 spiro atoms. The van der Waals surface area contributed by atoms with Gasteiger partial charge in [0.25, 0.3) is 0 Å². The molecule has 0 radical (unpaired) electrons. The summed E-state index contributed by atoms with van der Waals surface area (Å²) in [6.45, 7) is 9.38. The van der Waals surface area contributed by atoms with Crippen molar-refractivity contribution in [3.05, 3.63) is 23.0 Å². The topological polar surface area (TPSA) is 37.4 Å². The van der Waals surface area contributed by atoms with Crippen molar-refractivity contribution < 1.29 is 4.74 Å². The van der Waals surface area contributed by atoms with Crippen LogP contribution < -0.4 is 10.1 Å². The normalized spacial score (nSPS) is 16.2. The molecule has 1 aromatic heterocycles. The highest BCUT2D eigenvalue weighted by molar-refractivity contribution is 5.85. The molecule has 1 aromatic rings. The number of aryl methyl sites for hydroxylation is 1. The largest absolute Gasteiger partial charge is 0.496 e. The molecule has 0 saturated carbocycles. The molecule has 1 aliphatic rings. The average molecular weight is 272 g/mol. The number of pyridine rings is 1. The zero-order chi connectivity index (χ0) is 12.3. The lowest BCUT2D eigenvalue weighted by molar-refractivity contribution is 0.230. The molecule has 0 unspecified atom stereocenters. The number of aromatic nitrogens is 1. The number of nitrogens with one attached hydrogen (secondary N) is 1. The van der Waals surface area contributed by atoms with Crippen molar-refractivity contribution in [3.63, 3.8) is 0 Å². The summed E-state index contributed by atoms with van der Waals surface area (Å²) in [6.07, 6.45) is 1.91. The predicted octanol–water partition coefficient (Wildman–Crippen LogP) is 1.53. The molecule has 0 aromatic carbocycles. The van der Waals surface area contributed by atoms with Gasteiger partial charge < -0.3 is 10.1 Å². The smallest absolute Gasteiger partial charge is 0.128 e. The van der Waals surface area contributed by atoms with Crippen LogP contribution in [0, 0.1) is 13.8 Å². The van der Waals surface area contributed by atoms with Crippen LogP contribution in [-0.2, 0) is 6.54 Å². The number of piperazine rings is 1. The van der Waals surface area contributed by atoms with Crippen LogP contribution in [0.2, 0.25) is 0 Å². The molecule has 2 heterocycles. The highest BCUT2D eigenvalue weighted by Gasteiger charge is 2.14. The maximum atomic E-state index is 5.43. The Balaban J connectivity index is 0.00000162. The van der Waals surface area contributed by atoms with E-state index in [0.29, 0.717) is 0 Å². The summed E-state index contributed by atoms with van der Waals surface area (Å²) in [5, 5.41) is 3.36. The van der Waals surface area contributed by atoms with Crippen molar-refractivity contribution >= 4 is 12.4 Å². The summed E-state index contributed by atoms with van der Waals surface area (Å²) >= 11 is 0. The summed E-state index contributed by atoms with van der Waals surface area (Å²) in [5.74, 6) is 0.977. The van der Waals surface area contributed by atoms with Crippen LogP contribution in [0.3, 0.4) is 0 Å². The highest BCUT2D eigenvalue weighted by Crippen LogP contribution is 2.24. The first-order valence-corrected chi connectivity index (χ1v) is 6.14. The monoisotopic (exact) mass is 271 g/mol. The second-order valence-corrected chi connectivity index (χ2v) is 4.57. The van der Waals surface area contributed by atoms with Crippen LogP contribution in [0.4, 0.5) is 0 Å². The number of methoxy groups -OCH3 is 1. The molecule has 1 N–H and O–H groups in total. The molecule has 102 valence electrons. The maximum Gasteiger partial charge on any atom is 0.128 e. The standard InChI is InChI=1S/C13H21N3O.ClH/c1-10-8-15-12(11(2)13(10)17-3)9-16-6-4-14-5-7-16;/h8,14H,4-7,9H2,1-3H3;1H. The van der Waals surface area contributed by atoms with E-state index >= 15 is 0 Å². The number of ether oxygens (including phenoxy) is 1. The lowest BCUT2D eigenvalue weighted by Gasteiger charge is -2.27. The van der Waals surface area contributed by atoms with Gasteiger partial charge in [0.05, 0.1) is 12.8 Å². The van der Waals surface area contributed by atoms with Gasteiger partial charge in [-0.3, -0.25) is 9.88 Å². The van der Waals surface area contributed by atoms with E-state index in [-0.39, 0.29) is 12.4 Å². The van der Waals surface area contributed by atoms with Gasteiger partial charge in [-0.15, -0.1) is 12.4 Å². The van der Waals surface area contributed by atoms with E-state index in [0.717, 1.165) is 49.7 Å². The van der Waals surface area contributed by atoms with Crippen LogP contribution in [0.1, 0.15) is 16.8 Å². The quantitative estimate of drug-likeness (QED) is 0.905. The number of nitrogens with zero attached hydrogens (tertiary/aromatic N) is 2. The molecule has 18 heavy (non-hydrogen) atoms. The van der Waals surface area contributed by atoms with Crippen LogP contribution in [0.15, 0.2) is 6.20 Å². The molecule has 0 amide bonds. The van der Waals surface area contributed by atoms with Gasteiger partial charge in [-0.25, -0.2) is 0 Å². The van der Waals surface area contributed by atoms with Gasteiger partial charge >= 0.3 is 0 Å². The van der Waals surface area contributed by atoms with Crippen molar-refractivity contribution in [2.24, 2.45) is 0 Å². The molecule has 1 fully saturated rings. The van der Waals surface area contributed by atoms with Gasteiger partial charge in [0.1, 0.15) is 5.75 Å². The Kier molecular flexibility index (Phi) is 5.85.